The van der Waals surface area contributed by atoms with Crippen molar-refractivity contribution in [3.05, 3.63) is 279 Å². The second kappa shape index (κ2) is 19.3. The molecule has 0 unspecified atom stereocenters. The Kier molecular flexibility index (Phi) is 11.4. The summed E-state index contributed by atoms with van der Waals surface area (Å²) in [6.45, 7) is 0. The van der Waals surface area contributed by atoms with Gasteiger partial charge in [-0.1, -0.05) is 170 Å². The van der Waals surface area contributed by atoms with E-state index in [9.17, 15) is 0 Å². The molecule has 12 aromatic rings. The molecule has 0 radical (unpaired) electrons. The number of fused-ring (bicyclic) bond motifs is 6. The lowest BCUT2D eigenvalue weighted by Gasteiger charge is -2.27. The van der Waals surface area contributed by atoms with Crippen molar-refractivity contribution >= 4 is 89.1 Å². The van der Waals surface area contributed by atoms with Crippen LogP contribution in [0.25, 0.3) is 88.4 Å². The summed E-state index contributed by atoms with van der Waals surface area (Å²) in [4.78, 5) is 4.82. The van der Waals surface area contributed by atoms with Crippen LogP contribution in [0.5, 0.6) is 0 Å². The monoisotopic (exact) mass is 974 g/mol. The molecule has 10 aromatic carbocycles. The van der Waals surface area contributed by atoms with E-state index in [-0.39, 0.29) is 0 Å². The molecule has 76 heavy (non-hydrogen) atoms. The summed E-state index contributed by atoms with van der Waals surface area (Å²) in [5.41, 5.74) is 21.2. The van der Waals surface area contributed by atoms with E-state index in [1.54, 1.807) is 0 Å². The minimum Gasteiger partial charge on any atom is -0.313 e. The van der Waals surface area contributed by atoms with Crippen LogP contribution >= 0.6 is 0 Å². The fourth-order valence-corrected chi connectivity index (χ4v) is 11.8. The zero-order valence-corrected chi connectivity index (χ0v) is 42.2. The fraction of sp³-hybridized carbons (Fsp3) is 0.0556. The number of anilines is 6. The molecule has 0 bridgehead atoms. The first-order valence-corrected chi connectivity index (χ1v) is 26.6. The van der Waals surface area contributed by atoms with Gasteiger partial charge in [0.05, 0.1) is 22.1 Å². The Morgan fingerprint density at radius 3 is 1.04 bits per heavy atom. The van der Waals surface area contributed by atoms with Gasteiger partial charge in [0.25, 0.3) is 0 Å². The van der Waals surface area contributed by atoms with E-state index in [2.05, 4.69) is 298 Å². The first-order chi connectivity index (χ1) is 37.7. The Morgan fingerprint density at radius 1 is 0.263 bits per heavy atom. The van der Waals surface area contributed by atoms with Crippen molar-refractivity contribution in [2.45, 2.75) is 25.7 Å². The highest BCUT2D eigenvalue weighted by molar-refractivity contribution is 6.13. The molecule has 0 atom stereocenters. The maximum atomic E-state index is 2.46. The Labute approximate surface area is 444 Å². The van der Waals surface area contributed by atoms with E-state index in [1.165, 1.54) is 77.3 Å². The van der Waals surface area contributed by atoms with Gasteiger partial charge in [-0.3, -0.25) is 0 Å². The van der Waals surface area contributed by atoms with Gasteiger partial charge in [0, 0.05) is 67.1 Å². The molecule has 0 saturated carbocycles. The summed E-state index contributed by atoms with van der Waals surface area (Å²) in [6, 6.07) is 89.1. The number of rotatable bonds is 11. The van der Waals surface area contributed by atoms with E-state index >= 15 is 0 Å². The second-order valence-electron chi connectivity index (χ2n) is 20.0. The van der Waals surface area contributed by atoms with Crippen LogP contribution in [0.4, 0.5) is 34.1 Å². The molecule has 2 heterocycles. The molecule has 0 saturated heterocycles. The highest BCUT2D eigenvalue weighted by Gasteiger charge is 2.22. The van der Waals surface area contributed by atoms with Crippen LogP contribution in [0.3, 0.4) is 0 Å². The predicted octanol–water partition coefficient (Wildman–Crippen LogP) is 20.2. The van der Waals surface area contributed by atoms with E-state index in [0.29, 0.717) is 0 Å². The first-order valence-electron chi connectivity index (χ1n) is 26.6. The van der Waals surface area contributed by atoms with Crippen molar-refractivity contribution in [3.8, 4) is 33.4 Å². The molecule has 4 nitrogen and oxygen atoms in total. The van der Waals surface area contributed by atoms with Gasteiger partial charge in [-0.25, -0.2) is 0 Å². The van der Waals surface area contributed by atoms with Crippen molar-refractivity contribution < 1.29 is 0 Å². The molecule has 2 aliphatic rings. The molecule has 2 aliphatic carbocycles. The van der Waals surface area contributed by atoms with Crippen LogP contribution in [0.15, 0.2) is 279 Å². The third kappa shape index (κ3) is 8.12. The summed E-state index contributed by atoms with van der Waals surface area (Å²) in [5, 5.41) is 5.00. The summed E-state index contributed by atoms with van der Waals surface area (Å²) < 4.78 is 4.93. The van der Waals surface area contributed by atoms with E-state index in [0.717, 1.165) is 70.9 Å². The zero-order valence-electron chi connectivity index (χ0n) is 42.2. The van der Waals surface area contributed by atoms with Crippen molar-refractivity contribution in [1.82, 2.24) is 9.13 Å². The van der Waals surface area contributed by atoms with Crippen LogP contribution in [-0.4, -0.2) is 9.13 Å². The molecule has 14 rings (SSSR count). The van der Waals surface area contributed by atoms with E-state index in [4.69, 9.17) is 0 Å². The maximum Gasteiger partial charge on any atom is 0.0539 e. The van der Waals surface area contributed by atoms with Gasteiger partial charge in [0.2, 0.25) is 0 Å². The van der Waals surface area contributed by atoms with Crippen molar-refractivity contribution in [2.24, 2.45) is 0 Å². The Morgan fingerprint density at radius 2 is 0.618 bits per heavy atom. The number of benzene rings is 10. The normalized spacial score (nSPS) is 13.4. The minimum atomic E-state index is 1.01. The van der Waals surface area contributed by atoms with Gasteiger partial charge in [-0.05, 0) is 168 Å². The first kappa shape index (κ1) is 45.0. The van der Waals surface area contributed by atoms with Crippen LogP contribution < -0.4 is 9.80 Å². The number of allylic oxidation sites excluding steroid dienone is 8. The molecule has 0 aliphatic heterocycles. The summed E-state index contributed by atoms with van der Waals surface area (Å²) in [6.07, 6.45) is 17.6. The van der Waals surface area contributed by atoms with Gasteiger partial charge in [-0.15, -0.1) is 0 Å². The van der Waals surface area contributed by atoms with Gasteiger partial charge in [0.15, 0.2) is 0 Å². The topological polar surface area (TPSA) is 16.3 Å². The molecule has 0 amide bonds. The van der Waals surface area contributed by atoms with Crippen molar-refractivity contribution in [2.75, 3.05) is 9.80 Å². The van der Waals surface area contributed by atoms with Crippen LogP contribution in [-0.2, 0) is 0 Å². The van der Waals surface area contributed by atoms with Gasteiger partial charge < -0.3 is 18.9 Å². The number of aromatic nitrogens is 2. The number of hydrogen-bond donors (Lipinski definition) is 0. The smallest absolute Gasteiger partial charge is 0.0539 e. The van der Waals surface area contributed by atoms with Gasteiger partial charge in [-0.2, -0.15) is 0 Å². The average molecular weight is 975 g/mol. The van der Waals surface area contributed by atoms with Gasteiger partial charge >= 0.3 is 0 Å². The summed E-state index contributed by atoms with van der Waals surface area (Å²) in [5.74, 6) is 0. The Balaban J connectivity index is 0.854. The number of para-hydroxylation sites is 2. The predicted molar refractivity (Wildman–Crippen MR) is 323 cm³/mol. The lowest BCUT2D eigenvalue weighted by molar-refractivity contribution is 0.979. The standard InChI is InChI=1S/C72H54N4/c1-5-19-51(20-6-1)55-23-17-29-61(47-55)73(63-43-45-71-67(49-63)65-31-13-15-33-69(65)75(71)57-25-9-3-10-26-57)59-39-35-53(36-40-59)54-37-41-60(42-38-54)74(62-30-18-24-56(48-62)52-21-7-2-8-22-52)64-44-46-72-68(50-64)66-32-14-16-34-70(66)76(72)58-27-11-4-12-28-58/h1-9,11,13-25,27,29-50H,10,12,26,28H2. The van der Waals surface area contributed by atoms with Crippen molar-refractivity contribution in [3.63, 3.8) is 0 Å². The lowest BCUT2D eigenvalue weighted by Crippen LogP contribution is -2.10. The van der Waals surface area contributed by atoms with Gasteiger partial charge in [0.1, 0.15) is 0 Å². The number of hydrogen-bond acceptors (Lipinski definition) is 2. The highest BCUT2D eigenvalue weighted by Crippen LogP contribution is 2.44. The van der Waals surface area contributed by atoms with E-state index < -0.39 is 0 Å². The van der Waals surface area contributed by atoms with Crippen LogP contribution in [0, 0.1) is 0 Å². The van der Waals surface area contributed by atoms with Crippen LogP contribution in [0.1, 0.15) is 25.7 Å². The molecule has 0 N–H and O–H groups in total. The quantitative estimate of drug-likeness (QED) is 0.128. The molecule has 362 valence electrons. The van der Waals surface area contributed by atoms with Crippen molar-refractivity contribution in [1.29, 1.82) is 0 Å². The third-order valence-electron chi connectivity index (χ3n) is 15.4. The molecular formula is C72H54N4. The number of nitrogens with zero attached hydrogens (tertiary/aromatic N) is 4. The molecule has 2 aromatic heterocycles. The SMILES string of the molecule is C1=CCCC(n2c3ccccc3c3cc(N(c4ccc(-c5ccc(N(c6cccc(-c7ccccc7)c6)c6ccc7c(c6)c6ccccc6n7C6=CC=CCC6)cc5)cc4)c4cccc(-c5ccccc5)c4)ccc32)=C1. The van der Waals surface area contributed by atoms with Crippen LogP contribution in [0.2, 0.25) is 0 Å². The summed E-state index contributed by atoms with van der Waals surface area (Å²) in [7, 11) is 0. The molecular weight excluding hydrogens is 921 g/mol. The third-order valence-corrected chi connectivity index (χ3v) is 15.4. The second-order valence-corrected chi connectivity index (χ2v) is 20.0. The zero-order chi connectivity index (χ0) is 50.4. The fourth-order valence-electron chi connectivity index (χ4n) is 11.8. The maximum absolute atomic E-state index is 2.46. The average Bonchev–Trinajstić information content (AvgIpc) is 4.08. The Bertz CT molecular complexity index is 3990. The molecule has 0 spiro atoms. The summed E-state index contributed by atoms with van der Waals surface area (Å²) >= 11 is 0. The molecule has 4 heteroatoms. The largest absolute Gasteiger partial charge is 0.313 e. The highest BCUT2D eigenvalue weighted by atomic mass is 15.1. The minimum absolute atomic E-state index is 1.01. The Hall–Kier alpha value is -9.64. The lowest BCUT2D eigenvalue weighted by atomic mass is 10.0. The van der Waals surface area contributed by atoms with E-state index in [1.807, 2.05) is 0 Å². The molecule has 0 fully saturated rings.